The van der Waals surface area contributed by atoms with Gasteiger partial charge in [-0.2, -0.15) is 13.2 Å². The van der Waals surface area contributed by atoms with Crippen LogP contribution in [0.3, 0.4) is 0 Å². The summed E-state index contributed by atoms with van der Waals surface area (Å²) in [7, 11) is 0. The lowest BCUT2D eigenvalue weighted by Crippen LogP contribution is -2.10. The fourth-order valence-electron chi connectivity index (χ4n) is 1.50. The molecule has 0 bridgehead atoms. The monoisotopic (exact) mass is 302 g/mol. The summed E-state index contributed by atoms with van der Waals surface area (Å²) in [5.41, 5.74) is 4.89. The Morgan fingerprint density at radius 2 is 1.80 bits per heavy atom. The molecule has 2 N–H and O–H groups in total. The van der Waals surface area contributed by atoms with Crippen LogP contribution in [0.15, 0.2) is 46.3 Å². The van der Waals surface area contributed by atoms with Gasteiger partial charge in [-0.25, -0.2) is 9.37 Å². The number of benzene rings is 1. The highest BCUT2D eigenvalue weighted by Gasteiger charge is 2.33. The molecule has 0 unspecified atom stereocenters. The van der Waals surface area contributed by atoms with E-state index >= 15 is 0 Å². The third-order valence-corrected chi connectivity index (χ3v) is 3.59. The number of halogens is 4. The Hall–Kier alpha value is -1.60. The Balaban J connectivity index is 2.42. The molecule has 0 saturated carbocycles. The number of nitrogens with two attached hydrogens (primary N) is 1. The van der Waals surface area contributed by atoms with Gasteiger partial charge in [0.15, 0.2) is 0 Å². The van der Waals surface area contributed by atoms with Crippen molar-refractivity contribution in [3.05, 3.63) is 53.5 Å². The van der Waals surface area contributed by atoms with E-state index in [4.69, 9.17) is 5.73 Å². The van der Waals surface area contributed by atoms with Crippen LogP contribution < -0.4 is 5.73 Å². The molecule has 0 amide bonds. The van der Waals surface area contributed by atoms with Crippen LogP contribution in [0.2, 0.25) is 0 Å². The van der Waals surface area contributed by atoms with Crippen molar-refractivity contribution in [3.63, 3.8) is 0 Å². The van der Waals surface area contributed by atoms with Crippen LogP contribution in [0.25, 0.3) is 0 Å². The van der Waals surface area contributed by atoms with Gasteiger partial charge in [-0.1, -0.05) is 30.0 Å². The lowest BCUT2D eigenvalue weighted by atomic mass is 10.2. The summed E-state index contributed by atoms with van der Waals surface area (Å²) in [6, 6.07) is 7.94. The predicted octanol–water partition coefficient (Wildman–Crippen LogP) is 3.85. The van der Waals surface area contributed by atoms with Gasteiger partial charge in [-0.05, 0) is 23.8 Å². The molecule has 0 fully saturated rings. The number of rotatable bonds is 3. The molecule has 0 atom stereocenters. The zero-order valence-corrected chi connectivity index (χ0v) is 10.9. The molecule has 20 heavy (non-hydrogen) atoms. The molecular weight excluding hydrogens is 292 g/mol. The summed E-state index contributed by atoms with van der Waals surface area (Å²) in [4.78, 5) is 3.75. The number of hydrogen-bond donors (Lipinski definition) is 1. The molecular formula is C13H10F4N2S. The fourth-order valence-corrected chi connectivity index (χ4v) is 2.45. The number of alkyl halides is 3. The normalized spacial score (nSPS) is 11.7. The highest BCUT2D eigenvalue weighted by molar-refractivity contribution is 7.99. The molecule has 7 heteroatoms. The SMILES string of the molecule is NCc1ccc(C(F)(F)F)nc1Sc1ccccc1F. The summed E-state index contributed by atoms with van der Waals surface area (Å²) in [5, 5.41) is 0.0624. The molecule has 0 aliphatic carbocycles. The van der Waals surface area contributed by atoms with Crippen LogP contribution >= 0.6 is 11.8 Å². The molecule has 1 heterocycles. The molecule has 0 radical (unpaired) electrons. The van der Waals surface area contributed by atoms with Crippen LogP contribution in [-0.2, 0) is 12.7 Å². The van der Waals surface area contributed by atoms with E-state index in [0.717, 1.165) is 17.8 Å². The van der Waals surface area contributed by atoms with E-state index in [-0.39, 0.29) is 16.5 Å². The van der Waals surface area contributed by atoms with Gasteiger partial charge >= 0.3 is 6.18 Å². The molecule has 0 spiro atoms. The van der Waals surface area contributed by atoms with Gasteiger partial charge in [0.1, 0.15) is 16.5 Å². The molecule has 1 aromatic carbocycles. The fraction of sp³-hybridized carbons (Fsp3) is 0.154. The van der Waals surface area contributed by atoms with Crippen molar-refractivity contribution < 1.29 is 17.6 Å². The Bertz CT molecular complexity index is 614. The molecule has 0 aliphatic heterocycles. The average Bonchev–Trinajstić information content (AvgIpc) is 2.40. The van der Waals surface area contributed by atoms with E-state index in [2.05, 4.69) is 4.98 Å². The number of aromatic nitrogens is 1. The quantitative estimate of drug-likeness (QED) is 0.875. The maximum atomic E-state index is 13.5. The Labute approximate surface area is 117 Å². The molecule has 2 rings (SSSR count). The van der Waals surface area contributed by atoms with Crippen LogP contribution in [-0.4, -0.2) is 4.98 Å². The van der Waals surface area contributed by atoms with E-state index in [1.54, 1.807) is 6.07 Å². The van der Waals surface area contributed by atoms with Crippen molar-refractivity contribution in [2.24, 2.45) is 5.73 Å². The molecule has 106 valence electrons. The van der Waals surface area contributed by atoms with Crippen molar-refractivity contribution in [3.8, 4) is 0 Å². The molecule has 2 aromatic rings. The summed E-state index contributed by atoms with van der Waals surface area (Å²) in [5.74, 6) is -0.514. The van der Waals surface area contributed by atoms with Gasteiger partial charge in [0.05, 0.1) is 0 Å². The van der Waals surface area contributed by atoms with Crippen molar-refractivity contribution >= 4 is 11.8 Å². The first-order valence-corrected chi connectivity index (χ1v) is 6.43. The van der Waals surface area contributed by atoms with Crippen molar-refractivity contribution in [1.29, 1.82) is 0 Å². The van der Waals surface area contributed by atoms with Crippen LogP contribution in [0.4, 0.5) is 17.6 Å². The summed E-state index contributed by atoms with van der Waals surface area (Å²) in [6.07, 6.45) is -4.54. The first-order valence-electron chi connectivity index (χ1n) is 5.61. The molecule has 1 aromatic heterocycles. The number of pyridine rings is 1. The highest BCUT2D eigenvalue weighted by atomic mass is 32.2. The van der Waals surface area contributed by atoms with E-state index in [0.29, 0.717) is 5.56 Å². The molecule has 2 nitrogen and oxygen atoms in total. The Kier molecular flexibility index (Phi) is 4.29. The second-order valence-corrected chi connectivity index (χ2v) is 4.93. The summed E-state index contributed by atoms with van der Waals surface area (Å²) in [6.45, 7) is 0.0297. The van der Waals surface area contributed by atoms with Gasteiger partial charge in [-0.3, -0.25) is 0 Å². The van der Waals surface area contributed by atoms with Gasteiger partial charge in [0.25, 0.3) is 0 Å². The van der Waals surface area contributed by atoms with Crippen LogP contribution in [0.5, 0.6) is 0 Å². The van der Waals surface area contributed by atoms with E-state index in [1.807, 2.05) is 0 Å². The van der Waals surface area contributed by atoms with Gasteiger partial charge in [-0.15, -0.1) is 0 Å². The zero-order valence-electron chi connectivity index (χ0n) is 10.1. The minimum absolute atomic E-state index is 0.0297. The van der Waals surface area contributed by atoms with E-state index < -0.39 is 17.7 Å². The Morgan fingerprint density at radius 1 is 1.10 bits per heavy atom. The largest absolute Gasteiger partial charge is 0.433 e. The Morgan fingerprint density at radius 3 is 2.40 bits per heavy atom. The number of hydrogen-bond acceptors (Lipinski definition) is 3. The third-order valence-electron chi connectivity index (χ3n) is 2.49. The second kappa shape index (κ2) is 5.80. The lowest BCUT2D eigenvalue weighted by molar-refractivity contribution is -0.141. The minimum Gasteiger partial charge on any atom is -0.326 e. The standard InChI is InChI=1S/C13H10F4N2S/c14-9-3-1-2-4-10(9)20-12-8(7-18)5-6-11(19-12)13(15,16)17/h1-6H,7,18H2. The third kappa shape index (κ3) is 3.29. The predicted molar refractivity (Wildman–Crippen MR) is 67.7 cm³/mol. The van der Waals surface area contributed by atoms with E-state index in [9.17, 15) is 17.6 Å². The van der Waals surface area contributed by atoms with Crippen molar-refractivity contribution in [1.82, 2.24) is 4.98 Å². The van der Waals surface area contributed by atoms with Crippen molar-refractivity contribution in [2.75, 3.05) is 0 Å². The second-order valence-electron chi connectivity index (χ2n) is 3.90. The highest BCUT2D eigenvalue weighted by Crippen LogP contribution is 2.34. The average molecular weight is 302 g/mol. The molecule has 0 aliphatic rings. The zero-order chi connectivity index (χ0) is 14.8. The summed E-state index contributed by atoms with van der Waals surface area (Å²) < 4.78 is 51.5. The topological polar surface area (TPSA) is 38.9 Å². The molecule has 0 saturated heterocycles. The summed E-state index contributed by atoms with van der Waals surface area (Å²) >= 11 is 0.830. The van der Waals surface area contributed by atoms with Crippen LogP contribution in [0, 0.1) is 5.82 Å². The van der Waals surface area contributed by atoms with Gasteiger partial charge in [0.2, 0.25) is 0 Å². The van der Waals surface area contributed by atoms with E-state index in [1.165, 1.54) is 24.3 Å². The van der Waals surface area contributed by atoms with Crippen molar-refractivity contribution in [2.45, 2.75) is 22.6 Å². The first kappa shape index (κ1) is 14.8. The maximum Gasteiger partial charge on any atom is 0.433 e. The van der Waals surface area contributed by atoms with Gasteiger partial charge < -0.3 is 5.73 Å². The van der Waals surface area contributed by atoms with Crippen LogP contribution in [0.1, 0.15) is 11.3 Å². The van der Waals surface area contributed by atoms with Gasteiger partial charge in [0, 0.05) is 11.4 Å². The lowest BCUT2D eigenvalue weighted by Gasteiger charge is -2.11. The number of nitrogens with zero attached hydrogens (tertiary/aromatic N) is 1. The minimum atomic E-state index is -4.54. The first-order chi connectivity index (χ1) is 9.41. The smallest absolute Gasteiger partial charge is 0.326 e. The maximum absolute atomic E-state index is 13.5.